The highest BCUT2D eigenvalue weighted by molar-refractivity contribution is 7.19. The lowest BCUT2D eigenvalue weighted by Gasteiger charge is -2.38. The maximum atomic E-state index is 11.4. The maximum absolute atomic E-state index is 11.4. The second-order valence-corrected chi connectivity index (χ2v) is 9.97. The van der Waals surface area contributed by atoms with E-state index in [1.807, 2.05) is 0 Å². The molecule has 0 aromatic carbocycles. The zero-order chi connectivity index (χ0) is 21.4. The molecular formula is C22H30N4O4S. The molecule has 8 nitrogen and oxygen atoms in total. The number of amides is 1. The van der Waals surface area contributed by atoms with E-state index in [1.165, 1.54) is 4.88 Å². The zero-order valence-corrected chi connectivity index (χ0v) is 18.5. The molecule has 1 saturated heterocycles. The van der Waals surface area contributed by atoms with Crippen LogP contribution in [0.3, 0.4) is 0 Å². The van der Waals surface area contributed by atoms with E-state index in [0.29, 0.717) is 18.3 Å². The smallest absolute Gasteiger partial charge is 0.246 e. The molecule has 0 radical (unpaired) electrons. The first-order chi connectivity index (χ1) is 15.1. The first-order valence-corrected chi connectivity index (χ1v) is 12.1. The number of nitrogens with zero attached hydrogens (tertiary/aromatic N) is 3. The van der Waals surface area contributed by atoms with Crippen molar-refractivity contribution in [1.29, 1.82) is 0 Å². The Balaban J connectivity index is 1.31. The standard InChI is InChI=1S/C22H30N4O4S/c23-20(28)16(27)11-13-1-6-17-18(13)19-21(24-12-25-22(19)31-17)30-15-4-2-14(3-5-15)26-7-9-29-10-8-26/h12-16,27H,1-11H2,(H2,23,28)/t13-,14?,15?,16-/m1/s1. The van der Waals surface area contributed by atoms with E-state index in [2.05, 4.69) is 14.9 Å². The van der Waals surface area contributed by atoms with Crippen LogP contribution in [-0.4, -0.2) is 70.4 Å². The topological polar surface area (TPSA) is 111 Å². The number of primary amides is 1. The predicted molar refractivity (Wildman–Crippen MR) is 117 cm³/mol. The van der Waals surface area contributed by atoms with Crippen LogP contribution in [0.15, 0.2) is 6.33 Å². The Labute approximate surface area is 185 Å². The van der Waals surface area contributed by atoms with Gasteiger partial charge in [0.2, 0.25) is 11.8 Å². The quantitative estimate of drug-likeness (QED) is 0.698. The van der Waals surface area contributed by atoms with E-state index < -0.39 is 12.0 Å². The van der Waals surface area contributed by atoms with Gasteiger partial charge in [0.05, 0.1) is 18.6 Å². The number of carbonyl (C=O) groups excluding carboxylic acids is 1. The summed E-state index contributed by atoms with van der Waals surface area (Å²) in [5.41, 5.74) is 6.45. The summed E-state index contributed by atoms with van der Waals surface area (Å²) in [7, 11) is 0. The van der Waals surface area contributed by atoms with Crippen molar-refractivity contribution in [2.24, 2.45) is 5.73 Å². The van der Waals surface area contributed by atoms with Crippen molar-refractivity contribution in [3.05, 3.63) is 16.8 Å². The Bertz CT molecular complexity index is 937. The fraction of sp³-hybridized carbons (Fsp3) is 0.682. The lowest BCUT2D eigenvalue weighted by atomic mass is 9.91. The number of aliphatic hydroxyl groups excluding tert-OH is 1. The first-order valence-electron chi connectivity index (χ1n) is 11.3. The lowest BCUT2D eigenvalue weighted by Crippen LogP contribution is -2.46. The van der Waals surface area contributed by atoms with Gasteiger partial charge in [-0.15, -0.1) is 11.3 Å². The molecule has 168 valence electrons. The molecule has 3 heterocycles. The third kappa shape index (κ3) is 4.28. The van der Waals surface area contributed by atoms with Crippen molar-refractivity contribution in [3.8, 4) is 5.88 Å². The number of aryl methyl sites for hydroxylation is 1. The van der Waals surface area contributed by atoms with Crippen LogP contribution in [0, 0.1) is 0 Å². The molecule has 3 N–H and O–H groups in total. The normalized spacial score (nSPS) is 27.8. The number of thiophene rings is 1. The highest BCUT2D eigenvalue weighted by Crippen LogP contribution is 2.47. The number of hydrogen-bond donors (Lipinski definition) is 2. The minimum Gasteiger partial charge on any atom is -0.474 e. The third-order valence-corrected chi connectivity index (χ3v) is 8.19. The van der Waals surface area contributed by atoms with Gasteiger partial charge in [-0.25, -0.2) is 9.97 Å². The van der Waals surface area contributed by atoms with Crippen molar-refractivity contribution >= 4 is 27.5 Å². The second-order valence-electron chi connectivity index (χ2n) is 8.88. The van der Waals surface area contributed by atoms with Gasteiger partial charge in [-0.2, -0.15) is 0 Å². The molecule has 0 bridgehead atoms. The van der Waals surface area contributed by atoms with Gasteiger partial charge < -0.3 is 20.3 Å². The molecule has 0 spiro atoms. The van der Waals surface area contributed by atoms with Crippen molar-refractivity contribution < 1.29 is 19.4 Å². The van der Waals surface area contributed by atoms with Gasteiger partial charge >= 0.3 is 0 Å². The predicted octanol–water partition coefficient (Wildman–Crippen LogP) is 1.98. The number of carbonyl (C=O) groups is 1. The number of ether oxygens (including phenoxy) is 2. The number of hydrogen-bond acceptors (Lipinski definition) is 8. The average molecular weight is 447 g/mol. The molecule has 2 fully saturated rings. The van der Waals surface area contributed by atoms with Crippen molar-refractivity contribution in [1.82, 2.24) is 14.9 Å². The summed E-state index contributed by atoms with van der Waals surface area (Å²) in [6.45, 7) is 3.74. The highest BCUT2D eigenvalue weighted by Gasteiger charge is 2.34. The summed E-state index contributed by atoms with van der Waals surface area (Å²) in [6, 6.07) is 0.624. The van der Waals surface area contributed by atoms with E-state index in [0.717, 1.165) is 80.6 Å². The number of aromatic nitrogens is 2. The summed E-state index contributed by atoms with van der Waals surface area (Å²) in [5, 5.41) is 11.0. The molecule has 0 unspecified atom stereocenters. The van der Waals surface area contributed by atoms with E-state index in [9.17, 15) is 9.90 Å². The number of aliphatic hydroxyl groups is 1. The van der Waals surface area contributed by atoms with E-state index in [4.69, 9.17) is 15.2 Å². The first kappa shape index (κ1) is 21.1. The van der Waals surface area contributed by atoms with Gasteiger partial charge in [0, 0.05) is 24.0 Å². The molecule has 9 heteroatoms. The molecule has 2 aromatic rings. The Kier molecular flexibility index (Phi) is 6.10. The minimum atomic E-state index is -1.13. The maximum Gasteiger partial charge on any atom is 0.246 e. The Morgan fingerprint density at radius 1 is 1.26 bits per heavy atom. The zero-order valence-electron chi connectivity index (χ0n) is 17.7. The largest absolute Gasteiger partial charge is 0.474 e. The van der Waals surface area contributed by atoms with Gasteiger partial charge in [0.15, 0.2) is 0 Å². The third-order valence-electron chi connectivity index (χ3n) is 7.02. The van der Waals surface area contributed by atoms with E-state index in [1.54, 1.807) is 17.7 Å². The van der Waals surface area contributed by atoms with Crippen LogP contribution in [0.1, 0.15) is 54.9 Å². The molecule has 31 heavy (non-hydrogen) atoms. The van der Waals surface area contributed by atoms with E-state index in [-0.39, 0.29) is 12.0 Å². The molecule has 2 atom stereocenters. The molecule has 2 aromatic heterocycles. The Morgan fingerprint density at radius 3 is 2.77 bits per heavy atom. The SMILES string of the molecule is NC(=O)[C@H](O)C[C@H]1CCc2sc3ncnc(OC4CCC(N5CCOCC5)CC4)c3c21. The van der Waals surface area contributed by atoms with Gasteiger partial charge in [-0.05, 0) is 56.4 Å². The summed E-state index contributed by atoms with van der Waals surface area (Å²) in [6.07, 6.45) is 7.08. The van der Waals surface area contributed by atoms with Crippen LogP contribution in [0.5, 0.6) is 5.88 Å². The fourth-order valence-electron chi connectivity index (χ4n) is 5.38. The number of nitrogens with two attached hydrogens (primary N) is 1. The summed E-state index contributed by atoms with van der Waals surface area (Å²) in [4.78, 5) is 25.1. The van der Waals surface area contributed by atoms with Crippen LogP contribution < -0.4 is 10.5 Å². The molecular weight excluding hydrogens is 416 g/mol. The van der Waals surface area contributed by atoms with Gasteiger partial charge in [-0.3, -0.25) is 9.69 Å². The summed E-state index contributed by atoms with van der Waals surface area (Å²) >= 11 is 1.67. The van der Waals surface area contributed by atoms with E-state index >= 15 is 0 Å². The number of fused-ring (bicyclic) bond motifs is 3. The van der Waals surface area contributed by atoms with Gasteiger partial charge in [-0.1, -0.05) is 0 Å². The Hall–Kier alpha value is -1.81. The molecule has 1 aliphatic heterocycles. The second kappa shape index (κ2) is 8.97. The minimum absolute atomic E-state index is 0.0802. The van der Waals surface area contributed by atoms with Gasteiger partial charge in [0.1, 0.15) is 23.4 Å². The lowest BCUT2D eigenvalue weighted by molar-refractivity contribution is -0.126. The number of rotatable bonds is 6. The summed E-state index contributed by atoms with van der Waals surface area (Å²) in [5.74, 6) is 0.0622. The van der Waals surface area contributed by atoms with Crippen LogP contribution in [-0.2, 0) is 16.0 Å². The molecule has 3 aliphatic rings. The monoisotopic (exact) mass is 446 g/mol. The summed E-state index contributed by atoms with van der Waals surface area (Å²) < 4.78 is 11.9. The van der Waals surface area contributed by atoms with Crippen molar-refractivity contribution in [2.75, 3.05) is 26.3 Å². The van der Waals surface area contributed by atoms with Crippen LogP contribution >= 0.6 is 11.3 Å². The van der Waals surface area contributed by atoms with Crippen LogP contribution in [0.2, 0.25) is 0 Å². The van der Waals surface area contributed by atoms with Crippen molar-refractivity contribution in [3.63, 3.8) is 0 Å². The highest BCUT2D eigenvalue weighted by atomic mass is 32.1. The molecule has 1 amide bonds. The fourth-order valence-corrected chi connectivity index (χ4v) is 6.61. The average Bonchev–Trinajstić information content (AvgIpc) is 3.35. The molecule has 5 rings (SSSR count). The van der Waals surface area contributed by atoms with Crippen LogP contribution in [0.25, 0.3) is 10.2 Å². The molecule has 2 aliphatic carbocycles. The van der Waals surface area contributed by atoms with Crippen LogP contribution in [0.4, 0.5) is 0 Å². The number of morpholine rings is 1. The van der Waals surface area contributed by atoms with Gasteiger partial charge in [0.25, 0.3) is 0 Å². The Morgan fingerprint density at radius 2 is 2.03 bits per heavy atom. The molecule has 1 saturated carbocycles. The van der Waals surface area contributed by atoms with Crippen molar-refractivity contribution in [2.45, 2.75) is 69.1 Å².